The van der Waals surface area contributed by atoms with Crippen LogP contribution in [0.4, 0.5) is 23.7 Å². The van der Waals surface area contributed by atoms with Gasteiger partial charge in [0, 0.05) is 29.8 Å². The standard InChI is InChI=1S/C17H15F3N2O3S/c18-13-4-2-1-3-11(13)10-26-8-7-21-16(23)22-12-5-6-14-15(9-12)25-17(19,20)24-14/h1-6,9H,7-8,10H2,(H2,21,22,23). The second-order valence-electron chi connectivity index (χ2n) is 5.35. The number of thioether (sulfide) groups is 1. The average Bonchev–Trinajstić information content (AvgIpc) is 2.89. The van der Waals surface area contributed by atoms with Gasteiger partial charge in [-0.3, -0.25) is 0 Å². The van der Waals surface area contributed by atoms with Crippen LogP contribution in [0.3, 0.4) is 0 Å². The molecule has 0 bridgehead atoms. The van der Waals surface area contributed by atoms with Gasteiger partial charge in [-0.05, 0) is 23.8 Å². The van der Waals surface area contributed by atoms with Crippen LogP contribution in [0.5, 0.6) is 11.5 Å². The number of carbonyl (C=O) groups is 1. The summed E-state index contributed by atoms with van der Waals surface area (Å²) in [6, 6.07) is 10.0. The maximum Gasteiger partial charge on any atom is 0.586 e. The molecule has 0 radical (unpaired) electrons. The number of alkyl halides is 2. The van der Waals surface area contributed by atoms with Crippen molar-refractivity contribution in [2.24, 2.45) is 0 Å². The number of fused-ring (bicyclic) bond motifs is 1. The number of ether oxygens (including phenoxy) is 2. The molecule has 0 fully saturated rings. The Kier molecular flexibility index (Phi) is 5.46. The van der Waals surface area contributed by atoms with Gasteiger partial charge in [0.25, 0.3) is 0 Å². The number of carbonyl (C=O) groups excluding carboxylic acids is 1. The molecule has 0 aromatic heterocycles. The summed E-state index contributed by atoms with van der Waals surface area (Å²) in [5.41, 5.74) is 0.903. The van der Waals surface area contributed by atoms with Crippen LogP contribution in [0.15, 0.2) is 42.5 Å². The third-order valence-electron chi connectivity index (χ3n) is 3.41. The van der Waals surface area contributed by atoms with E-state index in [0.29, 0.717) is 29.3 Å². The zero-order valence-corrected chi connectivity index (χ0v) is 14.2. The summed E-state index contributed by atoms with van der Waals surface area (Å²) in [4.78, 5) is 11.8. The van der Waals surface area contributed by atoms with Crippen molar-refractivity contribution < 1.29 is 27.4 Å². The minimum atomic E-state index is -3.70. The van der Waals surface area contributed by atoms with E-state index < -0.39 is 12.3 Å². The maximum atomic E-state index is 13.5. The molecule has 0 aliphatic carbocycles. The molecule has 0 unspecified atom stereocenters. The van der Waals surface area contributed by atoms with Crippen molar-refractivity contribution in [3.05, 3.63) is 53.8 Å². The largest absolute Gasteiger partial charge is 0.586 e. The average molecular weight is 384 g/mol. The molecule has 1 aliphatic rings. The molecule has 2 amide bonds. The molecule has 0 spiro atoms. The maximum absolute atomic E-state index is 13.5. The van der Waals surface area contributed by atoms with Crippen LogP contribution >= 0.6 is 11.8 Å². The van der Waals surface area contributed by atoms with E-state index in [-0.39, 0.29) is 17.3 Å². The van der Waals surface area contributed by atoms with Crippen molar-refractivity contribution in [3.63, 3.8) is 0 Å². The molecular formula is C17H15F3N2O3S. The lowest BCUT2D eigenvalue weighted by atomic mass is 10.2. The number of rotatable bonds is 6. The SMILES string of the molecule is O=C(NCCSCc1ccccc1F)Nc1ccc2c(c1)OC(F)(F)O2. The lowest BCUT2D eigenvalue weighted by Crippen LogP contribution is -2.30. The predicted molar refractivity (Wildman–Crippen MR) is 92.2 cm³/mol. The van der Waals surface area contributed by atoms with E-state index in [4.69, 9.17) is 0 Å². The minimum Gasteiger partial charge on any atom is -0.395 e. The first kappa shape index (κ1) is 18.2. The number of benzene rings is 2. The fourth-order valence-corrected chi connectivity index (χ4v) is 3.08. The molecule has 9 heteroatoms. The summed E-state index contributed by atoms with van der Waals surface area (Å²) in [5.74, 6) is 0.611. The Hall–Kier alpha value is -2.55. The summed E-state index contributed by atoms with van der Waals surface area (Å²) in [6.45, 7) is 0.369. The Morgan fingerprint density at radius 1 is 1.12 bits per heavy atom. The van der Waals surface area contributed by atoms with Gasteiger partial charge in [0.05, 0.1) is 0 Å². The third kappa shape index (κ3) is 4.75. The number of urea groups is 1. The molecule has 2 N–H and O–H groups in total. The summed E-state index contributed by atoms with van der Waals surface area (Å²) < 4.78 is 47.9. The van der Waals surface area contributed by atoms with Crippen molar-refractivity contribution in [2.45, 2.75) is 12.0 Å². The Bertz CT molecular complexity index is 805. The van der Waals surface area contributed by atoms with E-state index in [1.807, 2.05) is 0 Å². The number of nitrogens with one attached hydrogen (secondary N) is 2. The molecule has 2 aromatic rings. The number of anilines is 1. The molecule has 0 saturated carbocycles. The molecule has 138 valence electrons. The molecule has 0 atom stereocenters. The lowest BCUT2D eigenvalue weighted by Gasteiger charge is -2.08. The lowest BCUT2D eigenvalue weighted by molar-refractivity contribution is -0.286. The quantitative estimate of drug-likeness (QED) is 0.733. The smallest absolute Gasteiger partial charge is 0.395 e. The van der Waals surface area contributed by atoms with Crippen LogP contribution in [0.25, 0.3) is 0 Å². The van der Waals surface area contributed by atoms with E-state index >= 15 is 0 Å². The van der Waals surface area contributed by atoms with Gasteiger partial charge in [0.15, 0.2) is 11.5 Å². The van der Waals surface area contributed by atoms with Crippen LogP contribution in [0.2, 0.25) is 0 Å². The van der Waals surface area contributed by atoms with Crippen molar-refractivity contribution in [2.75, 3.05) is 17.6 Å². The van der Waals surface area contributed by atoms with Crippen molar-refractivity contribution in [1.29, 1.82) is 0 Å². The van der Waals surface area contributed by atoms with Crippen LogP contribution in [0.1, 0.15) is 5.56 Å². The van der Waals surface area contributed by atoms with Crippen LogP contribution in [0, 0.1) is 5.82 Å². The predicted octanol–water partition coefficient (Wildman–Crippen LogP) is 4.20. The topological polar surface area (TPSA) is 59.6 Å². The second kappa shape index (κ2) is 7.77. The summed E-state index contributed by atoms with van der Waals surface area (Å²) in [7, 11) is 0. The molecule has 2 aromatic carbocycles. The second-order valence-corrected chi connectivity index (χ2v) is 6.46. The van der Waals surface area contributed by atoms with Gasteiger partial charge in [0.1, 0.15) is 5.82 Å². The van der Waals surface area contributed by atoms with Crippen molar-refractivity contribution in [3.8, 4) is 11.5 Å². The molecule has 1 aliphatic heterocycles. The van der Waals surface area contributed by atoms with Crippen LogP contribution in [-0.2, 0) is 5.75 Å². The van der Waals surface area contributed by atoms with Crippen molar-refractivity contribution >= 4 is 23.5 Å². The van der Waals surface area contributed by atoms with E-state index in [2.05, 4.69) is 20.1 Å². The van der Waals surface area contributed by atoms with E-state index in [1.165, 1.54) is 36.0 Å². The van der Waals surface area contributed by atoms with Crippen molar-refractivity contribution in [1.82, 2.24) is 5.32 Å². The number of halogens is 3. The third-order valence-corrected chi connectivity index (χ3v) is 4.41. The first-order valence-electron chi connectivity index (χ1n) is 7.69. The number of hydrogen-bond acceptors (Lipinski definition) is 4. The highest BCUT2D eigenvalue weighted by Crippen LogP contribution is 2.42. The Labute approximate surface area is 151 Å². The zero-order valence-electron chi connectivity index (χ0n) is 13.4. The molecule has 5 nitrogen and oxygen atoms in total. The first-order chi connectivity index (χ1) is 12.4. The van der Waals surface area contributed by atoms with E-state index in [9.17, 15) is 18.0 Å². The van der Waals surface area contributed by atoms with Gasteiger partial charge in [0.2, 0.25) is 0 Å². The van der Waals surface area contributed by atoms with E-state index in [0.717, 1.165) is 0 Å². The van der Waals surface area contributed by atoms with Gasteiger partial charge in [-0.25, -0.2) is 9.18 Å². The molecular weight excluding hydrogens is 369 g/mol. The fourth-order valence-electron chi connectivity index (χ4n) is 2.24. The minimum absolute atomic E-state index is 0.0921. The monoisotopic (exact) mass is 384 g/mol. The van der Waals surface area contributed by atoms with Gasteiger partial charge in [-0.2, -0.15) is 11.8 Å². The Morgan fingerprint density at radius 2 is 1.88 bits per heavy atom. The highest BCUT2D eigenvalue weighted by Gasteiger charge is 2.43. The van der Waals surface area contributed by atoms with E-state index in [1.54, 1.807) is 18.2 Å². The first-order valence-corrected chi connectivity index (χ1v) is 8.84. The van der Waals surface area contributed by atoms with Gasteiger partial charge >= 0.3 is 12.3 Å². The molecule has 3 rings (SSSR count). The Morgan fingerprint density at radius 3 is 2.69 bits per heavy atom. The van der Waals surface area contributed by atoms with Gasteiger partial charge < -0.3 is 20.1 Å². The summed E-state index contributed by atoms with van der Waals surface area (Å²) in [6.07, 6.45) is -3.70. The van der Waals surface area contributed by atoms with Gasteiger partial charge in [-0.15, -0.1) is 8.78 Å². The van der Waals surface area contributed by atoms with Gasteiger partial charge in [-0.1, -0.05) is 18.2 Å². The van der Waals surface area contributed by atoms with Crippen LogP contribution < -0.4 is 20.1 Å². The number of hydrogen-bond donors (Lipinski definition) is 2. The Balaban J connectivity index is 1.39. The highest BCUT2D eigenvalue weighted by atomic mass is 32.2. The molecule has 1 heterocycles. The molecule has 0 saturated heterocycles. The highest BCUT2D eigenvalue weighted by molar-refractivity contribution is 7.98. The normalized spacial score (nSPS) is 14.1. The number of amides is 2. The summed E-state index contributed by atoms with van der Waals surface area (Å²) in [5, 5.41) is 5.15. The zero-order chi connectivity index (χ0) is 18.6. The van der Waals surface area contributed by atoms with Crippen LogP contribution in [-0.4, -0.2) is 24.6 Å². The molecule has 26 heavy (non-hydrogen) atoms. The summed E-state index contributed by atoms with van der Waals surface area (Å²) >= 11 is 1.48. The fraction of sp³-hybridized carbons (Fsp3) is 0.235.